The standard InChI is InChI=1S/C15H21NO2S/c1-12-9-13(2)15(14(3)10-12)11-19(17,18)8-6-4-5-7-16/h9-10H,4-6,8,11H2,1-3H3. The summed E-state index contributed by atoms with van der Waals surface area (Å²) in [7, 11) is -3.08. The normalized spacial score (nSPS) is 11.3. The fourth-order valence-electron chi connectivity index (χ4n) is 2.26. The molecule has 0 saturated heterocycles. The van der Waals surface area contributed by atoms with Gasteiger partial charge in [0, 0.05) is 6.42 Å². The summed E-state index contributed by atoms with van der Waals surface area (Å²) in [6.45, 7) is 5.93. The second-order valence-corrected chi connectivity index (χ2v) is 7.27. The predicted molar refractivity (Wildman–Crippen MR) is 77.6 cm³/mol. The van der Waals surface area contributed by atoms with Crippen molar-refractivity contribution in [2.75, 3.05) is 5.75 Å². The molecule has 0 amide bonds. The Morgan fingerprint density at radius 1 is 1.11 bits per heavy atom. The van der Waals surface area contributed by atoms with Crippen molar-refractivity contribution in [2.45, 2.75) is 45.8 Å². The van der Waals surface area contributed by atoms with Crippen LogP contribution in [0.2, 0.25) is 0 Å². The van der Waals surface area contributed by atoms with E-state index in [1.165, 1.54) is 0 Å². The second-order valence-electron chi connectivity index (χ2n) is 5.08. The van der Waals surface area contributed by atoms with Gasteiger partial charge in [-0.25, -0.2) is 8.42 Å². The lowest BCUT2D eigenvalue weighted by Gasteiger charge is -2.11. The number of nitrogens with zero attached hydrogens (tertiary/aromatic N) is 1. The number of nitriles is 1. The molecule has 104 valence electrons. The molecular weight excluding hydrogens is 258 g/mol. The maximum absolute atomic E-state index is 12.1. The van der Waals surface area contributed by atoms with Crippen molar-refractivity contribution in [1.29, 1.82) is 5.26 Å². The van der Waals surface area contributed by atoms with E-state index >= 15 is 0 Å². The summed E-state index contributed by atoms with van der Waals surface area (Å²) in [5, 5.41) is 8.43. The van der Waals surface area contributed by atoms with Crippen molar-refractivity contribution in [2.24, 2.45) is 0 Å². The number of hydrogen-bond donors (Lipinski definition) is 0. The molecule has 0 aromatic heterocycles. The molecule has 0 saturated carbocycles. The highest BCUT2D eigenvalue weighted by Crippen LogP contribution is 2.19. The number of aryl methyl sites for hydroxylation is 3. The third-order valence-corrected chi connectivity index (χ3v) is 4.84. The van der Waals surface area contributed by atoms with E-state index in [2.05, 4.69) is 0 Å². The van der Waals surface area contributed by atoms with Gasteiger partial charge in [-0.1, -0.05) is 17.7 Å². The van der Waals surface area contributed by atoms with E-state index in [0.29, 0.717) is 19.3 Å². The smallest absolute Gasteiger partial charge is 0.154 e. The summed E-state index contributed by atoms with van der Waals surface area (Å²) in [5.74, 6) is 0.277. The summed E-state index contributed by atoms with van der Waals surface area (Å²) in [6.07, 6.45) is 1.65. The number of benzene rings is 1. The first kappa shape index (κ1) is 15.7. The minimum absolute atomic E-state index is 0.109. The van der Waals surface area contributed by atoms with Crippen LogP contribution < -0.4 is 0 Å². The van der Waals surface area contributed by atoms with Crippen molar-refractivity contribution in [3.8, 4) is 6.07 Å². The summed E-state index contributed by atoms with van der Waals surface area (Å²) in [5.41, 5.74) is 4.16. The van der Waals surface area contributed by atoms with E-state index in [1.807, 2.05) is 39.0 Å². The van der Waals surface area contributed by atoms with Crippen LogP contribution in [0.3, 0.4) is 0 Å². The number of hydrogen-bond acceptors (Lipinski definition) is 3. The first-order valence-corrected chi connectivity index (χ1v) is 8.32. The molecule has 1 aromatic rings. The molecule has 1 aromatic carbocycles. The minimum Gasteiger partial charge on any atom is -0.228 e. The zero-order valence-electron chi connectivity index (χ0n) is 11.9. The van der Waals surface area contributed by atoms with Gasteiger partial charge in [-0.15, -0.1) is 0 Å². The van der Waals surface area contributed by atoms with Crippen LogP contribution in [0.15, 0.2) is 12.1 Å². The summed E-state index contributed by atoms with van der Waals surface area (Å²) >= 11 is 0. The molecule has 0 N–H and O–H groups in total. The Morgan fingerprint density at radius 3 is 2.21 bits per heavy atom. The quantitative estimate of drug-likeness (QED) is 0.751. The van der Waals surface area contributed by atoms with Crippen LogP contribution >= 0.6 is 0 Å². The Labute approximate surface area is 116 Å². The Hall–Kier alpha value is -1.34. The lowest BCUT2D eigenvalue weighted by atomic mass is 10.0. The van der Waals surface area contributed by atoms with Gasteiger partial charge >= 0.3 is 0 Å². The van der Waals surface area contributed by atoms with Gasteiger partial charge in [0.15, 0.2) is 9.84 Å². The third-order valence-electron chi connectivity index (χ3n) is 3.20. The van der Waals surface area contributed by atoms with Crippen molar-refractivity contribution < 1.29 is 8.42 Å². The zero-order chi connectivity index (χ0) is 14.5. The number of sulfone groups is 1. The van der Waals surface area contributed by atoms with Crippen LogP contribution in [0, 0.1) is 32.1 Å². The summed E-state index contributed by atoms with van der Waals surface area (Å²) in [4.78, 5) is 0. The molecule has 3 nitrogen and oxygen atoms in total. The van der Waals surface area contributed by atoms with Crippen molar-refractivity contribution in [1.82, 2.24) is 0 Å². The fraction of sp³-hybridized carbons (Fsp3) is 0.533. The molecule has 0 atom stereocenters. The first-order chi connectivity index (χ1) is 8.85. The molecular formula is C15H21NO2S. The lowest BCUT2D eigenvalue weighted by Crippen LogP contribution is -2.11. The molecule has 4 heteroatoms. The number of unbranched alkanes of at least 4 members (excludes halogenated alkanes) is 2. The average Bonchev–Trinajstić information content (AvgIpc) is 2.29. The highest BCUT2D eigenvalue weighted by molar-refractivity contribution is 7.90. The fourth-order valence-corrected chi connectivity index (χ4v) is 3.94. The summed E-state index contributed by atoms with van der Waals surface area (Å²) in [6, 6.07) is 6.08. The van der Waals surface area contributed by atoms with Crippen LogP contribution in [-0.2, 0) is 15.6 Å². The monoisotopic (exact) mass is 279 g/mol. The maximum atomic E-state index is 12.1. The van der Waals surface area contributed by atoms with E-state index < -0.39 is 9.84 Å². The average molecular weight is 279 g/mol. The van der Waals surface area contributed by atoms with Crippen LogP contribution in [0.4, 0.5) is 0 Å². The molecule has 0 unspecified atom stereocenters. The number of rotatable bonds is 6. The Balaban J connectivity index is 2.76. The molecule has 0 heterocycles. The van der Waals surface area contributed by atoms with Gasteiger partial charge in [0.25, 0.3) is 0 Å². The van der Waals surface area contributed by atoms with E-state index in [0.717, 1.165) is 22.3 Å². The zero-order valence-corrected chi connectivity index (χ0v) is 12.7. The van der Waals surface area contributed by atoms with Crippen LogP contribution in [-0.4, -0.2) is 14.2 Å². The van der Waals surface area contributed by atoms with Crippen molar-refractivity contribution in [3.05, 3.63) is 34.4 Å². The predicted octanol–water partition coefficient (Wildman–Crippen LogP) is 3.22. The molecule has 0 bridgehead atoms. The maximum Gasteiger partial charge on any atom is 0.154 e. The van der Waals surface area contributed by atoms with Gasteiger partial charge in [-0.05, 0) is 50.3 Å². The largest absolute Gasteiger partial charge is 0.228 e. The highest BCUT2D eigenvalue weighted by Gasteiger charge is 2.15. The lowest BCUT2D eigenvalue weighted by molar-refractivity contribution is 0.590. The molecule has 0 aliphatic rings. The van der Waals surface area contributed by atoms with Crippen LogP contribution in [0.5, 0.6) is 0 Å². The van der Waals surface area contributed by atoms with Crippen LogP contribution in [0.25, 0.3) is 0 Å². The highest BCUT2D eigenvalue weighted by atomic mass is 32.2. The van der Waals surface area contributed by atoms with E-state index in [9.17, 15) is 8.42 Å². The second kappa shape index (κ2) is 6.72. The molecule has 0 aliphatic heterocycles. The molecule has 1 rings (SSSR count). The van der Waals surface area contributed by atoms with E-state index in [-0.39, 0.29) is 11.5 Å². The Kier molecular flexibility index (Phi) is 5.56. The van der Waals surface area contributed by atoms with Gasteiger partial charge in [0.2, 0.25) is 0 Å². The first-order valence-electron chi connectivity index (χ1n) is 6.50. The van der Waals surface area contributed by atoms with Crippen molar-refractivity contribution >= 4 is 9.84 Å². The molecule has 19 heavy (non-hydrogen) atoms. The molecule has 0 aliphatic carbocycles. The van der Waals surface area contributed by atoms with Gasteiger partial charge < -0.3 is 0 Å². The summed E-state index contributed by atoms with van der Waals surface area (Å²) < 4.78 is 24.1. The Bertz CT molecular complexity index is 560. The van der Waals surface area contributed by atoms with E-state index in [1.54, 1.807) is 0 Å². The van der Waals surface area contributed by atoms with E-state index in [4.69, 9.17) is 5.26 Å². The van der Waals surface area contributed by atoms with Gasteiger partial charge in [-0.2, -0.15) is 5.26 Å². The van der Waals surface area contributed by atoms with Crippen molar-refractivity contribution in [3.63, 3.8) is 0 Å². The molecule has 0 spiro atoms. The molecule has 0 fully saturated rings. The SMILES string of the molecule is Cc1cc(C)c(CS(=O)(=O)CCCCC#N)c(C)c1. The minimum atomic E-state index is -3.08. The van der Waals surface area contributed by atoms with Gasteiger partial charge in [0.1, 0.15) is 0 Å². The van der Waals surface area contributed by atoms with Crippen LogP contribution in [0.1, 0.15) is 41.5 Å². The van der Waals surface area contributed by atoms with Gasteiger partial charge in [0.05, 0.1) is 17.6 Å². The topological polar surface area (TPSA) is 57.9 Å². The Morgan fingerprint density at radius 2 is 1.68 bits per heavy atom. The van der Waals surface area contributed by atoms with Gasteiger partial charge in [-0.3, -0.25) is 0 Å². The third kappa shape index (κ3) is 5.04. The molecule has 0 radical (unpaired) electrons.